The van der Waals surface area contributed by atoms with Crippen molar-refractivity contribution in [1.82, 2.24) is 5.32 Å². The fourth-order valence-electron chi connectivity index (χ4n) is 12.8. The first kappa shape index (κ1) is 41.9. The van der Waals surface area contributed by atoms with Crippen molar-refractivity contribution in [2.24, 2.45) is 0 Å². The highest BCUT2D eigenvalue weighted by Gasteiger charge is 2.52. The number of hydrogen-bond acceptors (Lipinski definition) is 3. The average molecular weight is 920 g/mol. The molecule has 0 unspecified atom stereocenters. The molecule has 3 heteroatoms. The van der Waals surface area contributed by atoms with Crippen LogP contribution in [0.15, 0.2) is 243 Å². The van der Waals surface area contributed by atoms with Gasteiger partial charge in [0, 0.05) is 44.6 Å². The van der Waals surface area contributed by atoms with Gasteiger partial charge in [-0.2, -0.15) is 0 Å². The zero-order valence-corrected chi connectivity index (χ0v) is 40.1. The van der Waals surface area contributed by atoms with E-state index in [1.165, 1.54) is 66.8 Å². The van der Waals surface area contributed by atoms with Crippen molar-refractivity contribution in [3.63, 3.8) is 0 Å². The molecule has 1 heterocycles. The maximum atomic E-state index is 10.1. The predicted octanol–water partition coefficient (Wildman–Crippen LogP) is 16.8. The molecule has 0 radical (unpaired) electrons. The lowest BCUT2D eigenvalue weighted by molar-refractivity contribution is 0.660. The summed E-state index contributed by atoms with van der Waals surface area (Å²) < 4.78 is 0. The van der Waals surface area contributed by atoms with Crippen LogP contribution in [0.25, 0.3) is 56.4 Å². The van der Waals surface area contributed by atoms with Gasteiger partial charge in [-0.1, -0.05) is 232 Å². The molecule has 4 aliphatic rings. The Hall–Kier alpha value is -9.05. The molecular formula is C69H49N3. The van der Waals surface area contributed by atoms with Gasteiger partial charge < -0.3 is 10.2 Å². The van der Waals surface area contributed by atoms with Gasteiger partial charge in [0.25, 0.3) is 0 Å². The largest absolute Gasteiger partial charge is 0.354 e. The second-order valence-corrected chi connectivity index (χ2v) is 20.0. The minimum absolute atomic E-state index is 0.215. The molecule has 0 amide bonds. The van der Waals surface area contributed by atoms with Gasteiger partial charge in [0.05, 0.1) is 28.2 Å². The number of benzene rings is 10. The van der Waals surface area contributed by atoms with Crippen LogP contribution in [0.5, 0.6) is 0 Å². The Kier molecular flexibility index (Phi) is 9.30. The van der Waals surface area contributed by atoms with E-state index in [1.54, 1.807) is 0 Å². The van der Waals surface area contributed by atoms with E-state index in [1.807, 2.05) is 36.4 Å². The van der Waals surface area contributed by atoms with Crippen molar-refractivity contribution in [2.75, 3.05) is 4.90 Å². The van der Waals surface area contributed by atoms with Crippen LogP contribution in [-0.2, 0) is 10.8 Å². The summed E-state index contributed by atoms with van der Waals surface area (Å²) in [6, 6.07) is 88.3. The van der Waals surface area contributed by atoms with Gasteiger partial charge in [-0.25, -0.2) is 0 Å². The molecule has 3 nitrogen and oxygen atoms in total. The second-order valence-electron chi connectivity index (χ2n) is 20.0. The zero-order chi connectivity index (χ0) is 48.1. The van der Waals surface area contributed by atoms with Crippen molar-refractivity contribution in [3.8, 4) is 33.4 Å². The summed E-state index contributed by atoms with van der Waals surface area (Å²) in [5.74, 6) is 0. The molecule has 10 aromatic carbocycles. The van der Waals surface area contributed by atoms with E-state index in [0.717, 1.165) is 61.8 Å². The number of nitrogens with zero attached hydrogens (tertiary/aromatic N) is 1. The summed E-state index contributed by atoms with van der Waals surface area (Å²) in [6.07, 6.45) is 2.33. The van der Waals surface area contributed by atoms with E-state index < -0.39 is 5.41 Å². The number of fused-ring (bicyclic) bond motifs is 14. The van der Waals surface area contributed by atoms with Gasteiger partial charge >= 0.3 is 0 Å². The van der Waals surface area contributed by atoms with E-state index in [2.05, 4.69) is 236 Å². The summed E-state index contributed by atoms with van der Waals surface area (Å²) in [6.45, 7) is 4.73. The molecule has 3 aliphatic carbocycles. The van der Waals surface area contributed by atoms with Crippen LogP contribution in [0.2, 0.25) is 0 Å². The fourth-order valence-corrected chi connectivity index (χ4v) is 12.8. The van der Waals surface area contributed by atoms with Crippen molar-refractivity contribution >= 4 is 45.8 Å². The molecule has 0 aromatic heterocycles. The summed E-state index contributed by atoms with van der Waals surface area (Å²) in [5, 5.41) is 14.0. The van der Waals surface area contributed by atoms with Crippen molar-refractivity contribution in [3.05, 3.63) is 304 Å². The van der Waals surface area contributed by atoms with Crippen LogP contribution in [0, 0.1) is 5.41 Å². The quantitative estimate of drug-likeness (QED) is 0.156. The SMILES string of the molecule is CC1(C)c2ccccc2-c2c(N(c3ccc4c(c3)C3(c5ccccc5-c5ccccc53)c3ccccc3-4)c3cccc4c3C=C(c3ccccc3)N/C4=C(\C(=N)c3ccccc3)c3ccccc3)cccc21. The van der Waals surface area contributed by atoms with Crippen LogP contribution in [-0.4, -0.2) is 5.71 Å². The molecule has 0 atom stereocenters. The maximum absolute atomic E-state index is 10.1. The van der Waals surface area contributed by atoms with E-state index in [0.29, 0.717) is 5.71 Å². The van der Waals surface area contributed by atoms with Crippen LogP contribution in [0.4, 0.5) is 17.1 Å². The van der Waals surface area contributed by atoms with Crippen LogP contribution in [0.3, 0.4) is 0 Å². The summed E-state index contributed by atoms with van der Waals surface area (Å²) in [5.41, 5.74) is 26.1. The third kappa shape index (κ3) is 5.95. The second kappa shape index (κ2) is 16.0. The molecule has 0 saturated heterocycles. The summed E-state index contributed by atoms with van der Waals surface area (Å²) in [4.78, 5) is 2.55. The number of hydrogen-bond donors (Lipinski definition) is 2. The predicted molar refractivity (Wildman–Crippen MR) is 299 cm³/mol. The van der Waals surface area contributed by atoms with E-state index >= 15 is 0 Å². The first-order valence-corrected chi connectivity index (χ1v) is 25.0. The Morgan fingerprint density at radius 3 is 1.54 bits per heavy atom. The maximum Gasteiger partial charge on any atom is 0.0726 e. The molecule has 0 bridgehead atoms. The average Bonchev–Trinajstić information content (AvgIpc) is 4.00. The fraction of sp³-hybridized carbons (Fsp3) is 0.0580. The number of allylic oxidation sites excluding steroid dienone is 1. The summed E-state index contributed by atoms with van der Waals surface area (Å²) >= 11 is 0. The van der Waals surface area contributed by atoms with Crippen LogP contribution in [0.1, 0.15) is 75.0 Å². The molecule has 340 valence electrons. The molecule has 1 aliphatic heterocycles. The Labute approximate surface area is 421 Å². The Morgan fingerprint density at radius 2 is 0.903 bits per heavy atom. The molecular weight excluding hydrogens is 871 g/mol. The smallest absolute Gasteiger partial charge is 0.0726 e. The zero-order valence-electron chi connectivity index (χ0n) is 40.1. The monoisotopic (exact) mass is 919 g/mol. The van der Waals surface area contributed by atoms with Crippen molar-refractivity contribution in [2.45, 2.75) is 24.7 Å². The standard InChI is InChI=1S/C69H49N3/c1-68(2)55-33-16-15-31-53(55)65-59(68)37-21-39-63(65)72(47-40-41-51-50-30-14-19-36-58(50)69(60(51)42-47)56-34-17-12-28-48(56)49-29-13-18-35-57(49)69)62-38-20-32-52-54(62)43-61(44-22-6-3-7-23-44)71-67(52)64(45-24-8-4-9-25-45)66(70)46-26-10-5-11-27-46/h3-43,70-71H,1-2H3/b67-64-,70-66?. The minimum Gasteiger partial charge on any atom is -0.354 e. The van der Waals surface area contributed by atoms with Gasteiger partial charge in [0.2, 0.25) is 0 Å². The Balaban J connectivity index is 1.09. The van der Waals surface area contributed by atoms with Crippen LogP contribution >= 0.6 is 0 Å². The lowest BCUT2D eigenvalue weighted by atomic mass is 9.70. The van der Waals surface area contributed by atoms with E-state index in [9.17, 15) is 5.41 Å². The highest BCUT2D eigenvalue weighted by molar-refractivity contribution is 6.36. The molecule has 14 rings (SSSR count). The Bertz CT molecular complexity index is 3870. The number of anilines is 3. The molecule has 0 fully saturated rings. The minimum atomic E-state index is -0.521. The number of nitrogens with one attached hydrogen (secondary N) is 2. The van der Waals surface area contributed by atoms with E-state index in [-0.39, 0.29) is 5.41 Å². The molecule has 72 heavy (non-hydrogen) atoms. The molecule has 10 aromatic rings. The van der Waals surface area contributed by atoms with Crippen molar-refractivity contribution in [1.29, 1.82) is 5.41 Å². The lowest BCUT2D eigenvalue weighted by Crippen LogP contribution is -2.26. The molecule has 1 spiro atoms. The van der Waals surface area contributed by atoms with Gasteiger partial charge in [0.15, 0.2) is 0 Å². The van der Waals surface area contributed by atoms with Gasteiger partial charge in [0.1, 0.15) is 0 Å². The third-order valence-electron chi connectivity index (χ3n) is 15.9. The first-order chi connectivity index (χ1) is 35.4. The normalized spacial score (nSPS) is 15.2. The third-order valence-corrected chi connectivity index (χ3v) is 15.9. The highest BCUT2D eigenvalue weighted by Crippen LogP contribution is 2.64. The van der Waals surface area contributed by atoms with Crippen LogP contribution < -0.4 is 10.2 Å². The number of rotatable bonds is 7. The van der Waals surface area contributed by atoms with E-state index in [4.69, 9.17) is 0 Å². The van der Waals surface area contributed by atoms with Gasteiger partial charge in [-0.15, -0.1) is 0 Å². The lowest BCUT2D eigenvalue weighted by Gasteiger charge is -2.35. The highest BCUT2D eigenvalue weighted by atomic mass is 15.2. The van der Waals surface area contributed by atoms with Crippen molar-refractivity contribution < 1.29 is 0 Å². The molecule has 0 saturated carbocycles. The van der Waals surface area contributed by atoms with Gasteiger partial charge in [-0.3, -0.25) is 5.41 Å². The van der Waals surface area contributed by atoms with Gasteiger partial charge in [-0.05, 0) is 103 Å². The molecule has 2 N–H and O–H groups in total. The first-order valence-electron chi connectivity index (χ1n) is 25.0. The Morgan fingerprint density at radius 1 is 0.417 bits per heavy atom. The topological polar surface area (TPSA) is 39.1 Å². The summed E-state index contributed by atoms with van der Waals surface area (Å²) in [7, 11) is 0.